The van der Waals surface area contributed by atoms with Crippen LogP contribution in [-0.2, 0) is 4.79 Å². The number of nitrogen functional groups attached to an aromatic ring is 1. The second-order valence-electron chi connectivity index (χ2n) is 4.69. The van der Waals surface area contributed by atoms with E-state index in [2.05, 4.69) is 5.32 Å². The van der Waals surface area contributed by atoms with Gasteiger partial charge in [0, 0.05) is 6.54 Å². The highest BCUT2D eigenvalue weighted by atomic mass is 19.4. The Morgan fingerprint density at radius 2 is 2.10 bits per heavy atom. The molecule has 8 heteroatoms. The Balaban J connectivity index is 2.65. The van der Waals surface area contributed by atoms with E-state index in [4.69, 9.17) is 10.8 Å². The number of carbonyl (C=O) groups is 1. The van der Waals surface area contributed by atoms with Gasteiger partial charge >= 0.3 is 6.18 Å². The fraction of sp³-hybridized carbons (Fsp3) is 0.462. The van der Waals surface area contributed by atoms with Crippen molar-refractivity contribution >= 4 is 17.3 Å². The third-order valence-corrected chi connectivity index (χ3v) is 2.67. The molecule has 0 aliphatic carbocycles. The SMILES string of the molecule is Cc1ccc(NC(=O)CN(CCO)CC(F)(F)F)c(N)c1. The highest BCUT2D eigenvalue weighted by Gasteiger charge is 2.31. The highest BCUT2D eigenvalue weighted by molar-refractivity contribution is 5.95. The molecule has 0 radical (unpaired) electrons. The zero-order chi connectivity index (χ0) is 16.0. The fourth-order valence-corrected chi connectivity index (χ4v) is 1.80. The molecule has 1 aromatic carbocycles. The lowest BCUT2D eigenvalue weighted by atomic mass is 10.2. The molecule has 0 spiro atoms. The van der Waals surface area contributed by atoms with E-state index >= 15 is 0 Å². The lowest BCUT2D eigenvalue weighted by Gasteiger charge is -2.22. The molecule has 0 aliphatic rings. The summed E-state index contributed by atoms with van der Waals surface area (Å²) in [6, 6.07) is 4.96. The molecule has 0 aromatic heterocycles. The molecule has 0 heterocycles. The number of nitrogens with zero attached hydrogens (tertiary/aromatic N) is 1. The van der Waals surface area contributed by atoms with Gasteiger partial charge in [-0.3, -0.25) is 9.69 Å². The molecule has 0 atom stereocenters. The fourth-order valence-electron chi connectivity index (χ4n) is 1.80. The predicted molar refractivity (Wildman–Crippen MR) is 73.8 cm³/mol. The molecular formula is C13H18F3N3O2. The van der Waals surface area contributed by atoms with Crippen LogP contribution in [-0.4, -0.2) is 48.3 Å². The van der Waals surface area contributed by atoms with Crippen molar-refractivity contribution in [2.45, 2.75) is 13.1 Å². The zero-order valence-corrected chi connectivity index (χ0v) is 11.6. The zero-order valence-electron chi connectivity index (χ0n) is 11.6. The Morgan fingerprint density at radius 3 is 2.62 bits per heavy atom. The van der Waals surface area contributed by atoms with Crippen molar-refractivity contribution in [3.63, 3.8) is 0 Å². The number of benzene rings is 1. The average molecular weight is 305 g/mol. The van der Waals surface area contributed by atoms with E-state index in [1.165, 1.54) is 0 Å². The van der Waals surface area contributed by atoms with Gasteiger partial charge in [0.15, 0.2) is 0 Å². The number of hydrogen-bond acceptors (Lipinski definition) is 4. The monoisotopic (exact) mass is 305 g/mol. The second-order valence-corrected chi connectivity index (χ2v) is 4.69. The standard InChI is InChI=1S/C13H18F3N3O2/c1-9-2-3-11(10(17)6-9)18-12(21)7-19(4-5-20)8-13(14,15)16/h2-3,6,20H,4-5,7-8,17H2,1H3,(H,18,21). The lowest BCUT2D eigenvalue weighted by Crippen LogP contribution is -2.41. The van der Waals surface area contributed by atoms with E-state index < -0.39 is 31.8 Å². The molecule has 5 nitrogen and oxygen atoms in total. The van der Waals surface area contributed by atoms with Gasteiger partial charge < -0.3 is 16.2 Å². The minimum atomic E-state index is -4.43. The third kappa shape index (κ3) is 6.46. The van der Waals surface area contributed by atoms with Crippen LogP contribution in [0.2, 0.25) is 0 Å². The van der Waals surface area contributed by atoms with E-state index in [-0.39, 0.29) is 6.54 Å². The minimum absolute atomic E-state index is 0.240. The van der Waals surface area contributed by atoms with Gasteiger partial charge in [0.1, 0.15) is 0 Å². The predicted octanol–water partition coefficient (Wildman–Crippen LogP) is 1.37. The van der Waals surface area contributed by atoms with Gasteiger partial charge in [-0.05, 0) is 24.6 Å². The Hall–Kier alpha value is -1.80. The van der Waals surface area contributed by atoms with Crippen LogP contribution in [0.25, 0.3) is 0 Å². The molecule has 0 saturated carbocycles. The van der Waals surface area contributed by atoms with Crippen molar-refractivity contribution in [1.29, 1.82) is 0 Å². The first kappa shape index (κ1) is 17.3. The quantitative estimate of drug-likeness (QED) is 0.694. The first-order chi connectivity index (χ1) is 9.71. The summed E-state index contributed by atoms with van der Waals surface area (Å²) in [4.78, 5) is 12.6. The molecule has 0 bridgehead atoms. The number of hydrogen-bond donors (Lipinski definition) is 3. The Bertz CT molecular complexity index is 492. The number of halogens is 3. The Labute approximate surface area is 120 Å². The number of aliphatic hydroxyl groups is 1. The maximum atomic E-state index is 12.3. The van der Waals surface area contributed by atoms with Gasteiger partial charge in [0.05, 0.1) is 31.1 Å². The van der Waals surface area contributed by atoms with Gasteiger partial charge in [-0.1, -0.05) is 6.07 Å². The summed E-state index contributed by atoms with van der Waals surface area (Å²) in [7, 11) is 0. The average Bonchev–Trinajstić information content (AvgIpc) is 2.31. The molecule has 118 valence electrons. The maximum absolute atomic E-state index is 12.3. The largest absolute Gasteiger partial charge is 0.401 e. The number of anilines is 2. The van der Waals surface area contributed by atoms with Gasteiger partial charge in [-0.15, -0.1) is 0 Å². The van der Waals surface area contributed by atoms with Gasteiger partial charge in [0.2, 0.25) is 5.91 Å². The summed E-state index contributed by atoms with van der Waals surface area (Å²) in [5, 5.41) is 11.2. The molecule has 0 fully saturated rings. The molecular weight excluding hydrogens is 287 g/mol. The normalized spacial score (nSPS) is 11.7. The smallest absolute Gasteiger partial charge is 0.397 e. The first-order valence-electron chi connectivity index (χ1n) is 6.27. The van der Waals surface area contributed by atoms with E-state index in [0.717, 1.165) is 10.5 Å². The number of aliphatic hydroxyl groups excluding tert-OH is 1. The lowest BCUT2D eigenvalue weighted by molar-refractivity contribution is -0.148. The van der Waals surface area contributed by atoms with Gasteiger partial charge in [-0.2, -0.15) is 13.2 Å². The number of aryl methyl sites for hydroxylation is 1. The Kier molecular flexibility index (Phi) is 5.98. The van der Waals surface area contributed by atoms with Gasteiger partial charge in [0.25, 0.3) is 0 Å². The van der Waals surface area contributed by atoms with Gasteiger partial charge in [-0.25, -0.2) is 0 Å². The molecule has 1 aromatic rings. The van der Waals surface area contributed by atoms with Crippen molar-refractivity contribution in [3.8, 4) is 0 Å². The molecule has 0 saturated heterocycles. The summed E-state index contributed by atoms with van der Waals surface area (Å²) in [6.07, 6.45) is -4.43. The highest BCUT2D eigenvalue weighted by Crippen LogP contribution is 2.20. The summed E-state index contributed by atoms with van der Waals surface area (Å²) < 4.78 is 37.0. The van der Waals surface area contributed by atoms with Crippen LogP contribution >= 0.6 is 0 Å². The topological polar surface area (TPSA) is 78.6 Å². The van der Waals surface area contributed by atoms with E-state index in [1.807, 2.05) is 6.92 Å². The number of nitrogens with two attached hydrogens (primary N) is 1. The number of amides is 1. The van der Waals surface area contributed by atoms with Crippen molar-refractivity contribution in [2.24, 2.45) is 0 Å². The van der Waals surface area contributed by atoms with Crippen LogP contribution in [0.4, 0.5) is 24.5 Å². The Morgan fingerprint density at radius 1 is 1.43 bits per heavy atom. The van der Waals surface area contributed by atoms with Crippen molar-refractivity contribution in [2.75, 3.05) is 37.3 Å². The van der Waals surface area contributed by atoms with Crippen molar-refractivity contribution in [1.82, 2.24) is 4.90 Å². The summed E-state index contributed by atoms with van der Waals surface area (Å²) in [5.41, 5.74) is 7.31. The van der Waals surface area contributed by atoms with Crippen LogP contribution in [0.15, 0.2) is 18.2 Å². The second kappa shape index (κ2) is 7.28. The molecule has 0 unspecified atom stereocenters. The summed E-state index contributed by atoms with van der Waals surface area (Å²) in [5.74, 6) is -0.622. The third-order valence-electron chi connectivity index (χ3n) is 2.67. The first-order valence-corrected chi connectivity index (χ1v) is 6.27. The van der Waals surface area contributed by atoms with Crippen LogP contribution < -0.4 is 11.1 Å². The number of nitrogens with one attached hydrogen (secondary N) is 1. The van der Waals surface area contributed by atoms with E-state index in [1.54, 1.807) is 18.2 Å². The van der Waals surface area contributed by atoms with Crippen molar-refractivity contribution < 1.29 is 23.1 Å². The molecule has 4 N–H and O–H groups in total. The summed E-state index contributed by atoms with van der Waals surface area (Å²) >= 11 is 0. The van der Waals surface area contributed by atoms with E-state index in [0.29, 0.717) is 11.4 Å². The maximum Gasteiger partial charge on any atom is 0.401 e. The molecule has 0 aliphatic heterocycles. The van der Waals surface area contributed by atoms with Crippen LogP contribution in [0, 0.1) is 6.92 Å². The number of carbonyl (C=O) groups excluding carboxylic acids is 1. The number of rotatable bonds is 6. The van der Waals surface area contributed by atoms with E-state index in [9.17, 15) is 18.0 Å². The van der Waals surface area contributed by atoms with Crippen LogP contribution in [0.5, 0.6) is 0 Å². The summed E-state index contributed by atoms with van der Waals surface area (Å²) in [6.45, 7) is -0.613. The molecule has 21 heavy (non-hydrogen) atoms. The minimum Gasteiger partial charge on any atom is -0.397 e. The van der Waals surface area contributed by atoms with Crippen molar-refractivity contribution in [3.05, 3.63) is 23.8 Å². The number of alkyl halides is 3. The molecule has 1 rings (SSSR count). The van der Waals surface area contributed by atoms with Crippen LogP contribution in [0.1, 0.15) is 5.56 Å². The van der Waals surface area contributed by atoms with Crippen LogP contribution in [0.3, 0.4) is 0 Å². The molecule has 1 amide bonds.